The lowest BCUT2D eigenvalue weighted by atomic mass is 10.6. The van der Waals surface area contributed by atoms with Gasteiger partial charge in [0.1, 0.15) is 0 Å². The number of rotatable bonds is 2. The number of aromatic nitrogens is 1. The highest BCUT2D eigenvalue weighted by molar-refractivity contribution is 7.03. The molecule has 0 bridgehead atoms. The molecule has 12 heavy (non-hydrogen) atoms. The molecule has 6 heteroatoms. The molecule has 64 valence electrons. The number of nitrogens with zero attached hydrogens (tertiary/aromatic N) is 3. The Hall–Kier alpha value is -1.11. The van der Waals surface area contributed by atoms with Crippen LogP contribution in [0.25, 0.3) is 0 Å². The van der Waals surface area contributed by atoms with Crippen LogP contribution < -0.4 is 11.3 Å². The molecule has 5 nitrogen and oxygen atoms in total. The van der Waals surface area contributed by atoms with E-state index in [0.717, 1.165) is 12.4 Å². The monoisotopic (exact) mass is 183 g/mol. The van der Waals surface area contributed by atoms with Gasteiger partial charge in [-0.3, -0.25) is 5.43 Å². The van der Waals surface area contributed by atoms with E-state index in [1.165, 1.54) is 16.7 Å². The zero-order chi connectivity index (χ0) is 8.39. The fraction of sp³-hybridized carbons (Fsp3) is 0.167. The van der Waals surface area contributed by atoms with E-state index in [1.54, 1.807) is 11.3 Å². The van der Waals surface area contributed by atoms with Crippen LogP contribution in [0.5, 0.6) is 0 Å². The second-order valence-electron chi connectivity index (χ2n) is 2.34. The maximum atomic E-state index is 5.58. The summed E-state index contributed by atoms with van der Waals surface area (Å²) in [5.74, 6) is 6.40. The Labute approximate surface area is 74.2 Å². The lowest BCUT2D eigenvalue weighted by molar-refractivity contribution is 0.0825. The molecule has 0 fully saturated rings. The topological polar surface area (TPSA) is 57.4 Å². The highest BCUT2D eigenvalue weighted by Crippen LogP contribution is 2.09. The van der Waals surface area contributed by atoms with Gasteiger partial charge in [0.05, 0.1) is 6.54 Å². The number of nitrogens with two attached hydrogens (primary N) is 1. The third-order valence-electron chi connectivity index (χ3n) is 1.50. The quantitative estimate of drug-likeness (QED) is 0.650. The first-order valence-electron chi connectivity index (χ1n) is 3.51. The van der Waals surface area contributed by atoms with E-state index >= 15 is 0 Å². The van der Waals surface area contributed by atoms with Crippen molar-refractivity contribution in [2.75, 3.05) is 12.0 Å². The predicted molar refractivity (Wildman–Crippen MR) is 47.6 cm³/mol. The molecule has 0 aliphatic carbocycles. The first kappa shape index (κ1) is 7.53. The molecule has 0 amide bonds. The second kappa shape index (κ2) is 3.10. The molecular formula is C6H9N5S. The molecule has 1 aliphatic rings. The zero-order valence-corrected chi connectivity index (χ0v) is 7.16. The van der Waals surface area contributed by atoms with E-state index in [2.05, 4.69) is 9.80 Å². The normalized spacial score (nSPS) is 17.2. The number of hydrazine groups is 3. The number of hydrogen-bond acceptors (Lipinski definition) is 6. The third kappa shape index (κ3) is 1.40. The summed E-state index contributed by atoms with van der Waals surface area (Å²) in [5, 5.41) is 5.15. The molecule has 0 atom stereocenters. The summed E-state index contributed by atoms with van der Waals surface area (Å²) in [4.78, 5) is 0. The van der Waals surface area contributed by atoms with Gasteiger partial charge in [-0.05, 0) is 23.7 Å². The van der Waals surface area contributed by atoms with Crippen LogP contribution in [0.2, 0.25) is 0 Å². The molecule has 0 spiro atoms. The van der Waals surface area contributed by atoms with E-state index in [9.17, 15) is 0 Å². The van der Waals surface area contributed by atoms with Gasteiger partial charge in [0.15, 0.2) is 5.82 Å². The standard InChI is InChI=1S/C6H9N5S/c7-10-3-1-4-11(10)8-6-2-5-12-9-6/h1-3,5H,4,7H2,(H,8,9). The first-order valence-corrected chi connectivity index (χ1v) is 4.35. The predicted octanol–water partition coefficient (Wildman–Crippen LogP) is 0.390. The maximum Gasteiger partial charge on any atom is 0.155 e. The molecular weight excluding hydrogens is 174 g/mol. The van der Waals surface area contributed by atoms with Crippen molar-refractivity contribution in [2.24, 2.45) is 5.84 Å². The highest BCUT2D eigenvalue weighted by atomic mass is 32.1. The minimum atomic E-state index is 0.758. The van der Waals surface area contributed by atoms with Gasteiger partial charge in [0, 0.05) is 11.6 Å². The van der Waals surface area contributed by atoms with Crippen LogP contribution in [0.1, 0.15) is 0 Å². The van der Waals surface area contributed by atoms with Gasteiger partial charge in [-0.1, -0.05) is 0 Å². The summed E-state index contributed by atoms with van der Waals surface area (Å²) < 4.78 is 4.09. The Morgan fingerprint density at radius 2 is 2.58 bits per heavy atom. The molecule has 0 radical (unpaired) electrons. The molecule has 0 unspecified atom stereocenters. The van der Waals surface area contributed by atoms with E-state index < -0.39 is 0 Å². The van der Waals surface area contributed by atoms with Gasteiger partial charge in [0.2, 0.25) is 0 Å². The number of nitrogens with one attached hydrogen (secondary N) is 1. The van der Waals surface area contributed by atoms with E-state index in [4.69, 9.17) is 5.84 Å². The molecule has 1 aromatic heterocycles. The van der Waals surface area contributed by atoms with Crippen LogP contribution in [0.4, 0.5) is 5.82 Å². The van der Waals surface area contributed by atoms with Gasteiger partial charge in [0.25, 0.3) is 0 Å². The summed E-state index contributed by atoms with van der Waals surface area (Å²) >= 11 is 1.41. The van der Waals surface area contributed by atoms with Crippen molar-refractivity contribution in [1.82, 2.24) is 14.6 Å². The SMILES string of the molecule is NN1C=CCN1Nc1ccsn1. The average molecular weight is 183 g/mol. The minimum absolute atomic E-state index is 0.758. The van der Waals surface area contributed by atoms with Crippen molar-refractivity contribution in [2.45, 2.75) is 0 Å². The molecule has 2 heterocycles. The van der Waals surface area contributed by atoms with Crippen molar-refractivity contribution >= 4 is 17.4 Å². The molecule has 0 saturated heterocycles. The Balaban J connectivity index is 1.96. The Kier molecular flexibility index (Phi) is 1.94. The van der Waals surface area contributed by atoms with Gasteiger partial charge in [-0.15, -0.1) is 5.12 Å². The maximum absolute atomic E-state index is 5.58. The summed E-state index contributed by atoms with van der Waals surface area (Å²) in [6.45, 7) is 0.758. The van der Waals surface area contributed by atoms with E-state index in [1.807, 2.05) is 17.5 Å². The molecule has 1 aliphatic heterocycles. The second-order valence-corrected chi connectivity index (χ2v) is 3.01. The summed E-state index contributed by atoms with van der Waals surface area (Å²) in [7, 11) is 0. The lowest BCUT2D eigenvalue weighted by Crippen LogP contribution is -2.43. The molecule has 0 saturated carbocycles. The van der Waals surface area contributed by atoms with Crippen LogP contribution in [0, 0.1) is 0 Å². The molecule has 2 rings (SSSR count). The fourth-order valence-electron chi connectivity index (χ4n) is 0.936. The smallest absolute Gasteiger partial charge is 0.155 e. The van der Waals surface area contributed by atoms with Crippen molar-refractivity contribution in [3.63, 3.8) is 0 Å². The van der Waals surface area contributed by atoms with Gasteiger partial charge < -0.3 is 0 Å². The van der Waals surface area contributed by atoms with Gasteiger partial charge in [-0.25, -0.2) is 11.0 Å². The Morgan fingerprint density at radius 3 is 3.17 bits per heavy atom. The van der Waals surface area contributed by atoms with Crippen LogP contribution in [-0.2, 0) is 0 Å². The van der Waals surface area contributed by atoms with Gasteiger partial charge in [-0.2, -0.15) is 4.37 Å². The summed E-state index contributed by atoms with van der Waals surface area (Å²) in [6, 6.07) is 1.90. The minimum Gasteiger partial charge on any atom is -0.283 e. The van der Waals surface area contributed by atoms with Gasteiger partial charge >= 0.3 is 0 Å². The molecule has 1 aromatic rings. The van der Waals surface area contributed by atoms with Crippen molar-refractivity contribution in [3.05, 3.63) is 23.7 Å². The molecule has 3 N–H and O–H groups in total. The number of anilines is 1. The fourth-order valence-corrected chi connectivity index (χ4v) is 1.40. The zero-order valence-electron chi connectivity index (χ0n) is 6.34. The molecule has 0 aromatic carbocycles. The van der Waals surface area contributed by atoms with Crippen LogP contribution in [-0.4, -0.2) is 21.2 Å². The lowest BCUT2D eigenvalue weighted by Gasteiger charge is -2.23. The summed E-state index contributed by atoms with van der Waals surface area (Å²) in [5.41, 5.74) is 3.04. The van der Waals surface area contributed by atoms with Crippen LogP contribution >= 0.6 is 11.5 Å². The van der Waals surface area contributed by atoms with Crippen molar-refractivity contribution in [3.8, 4) is 0 Å². The van der Waals surface area contributed by atoms with Crippen molar-refractivity contribution < 1.29 is 0 Å². The van der Waals surface area contributed by atoms with Crippen molar-refractivity contribution in [1.29, 1.82) is 0 Å². The Morgan fingerprint density at radius 1 is 1.67 bits per heavy atom. The largest absolute Gasteiger partial charge is 0.283 e. The van der Waals surface area contributed by atoms with E-state index in [0.29, 0.717) is 0 Å². The van der Waals surface area contributed by atoms with Crippen LogP contribution in [0.15, 0.2) is 23.7 Å². The Bertz CT molecular complexity index is 269. The number of hydrogen-bond donors (Lipinski definition) is 2. The van der Waals surface area contributed by atoms with Crippen LogP contribution in [0.3, 0.4) is 0 Å². The van der Waals surface area contributed by atoms with E-state index in [-0.39, 0.29) is 0 Å². The third-order valence-corrected chi connectivity index (χ3v) is 2.06. The average Bonchev–Trinajstić information content (AvgIpc) is 2.65. The summed E-state index contributed by atoms with van der Waals surface area (Å²) in [6.07, 6.45) is 3.75. The highest BCUT2D eigenvalue weighted by Gasteiger charge is 2.12. The first-order chi connectivity index (χ1) is 5.86.